The lowest BCUT2D eigenvalue weighted by Crippen LogP contribution is -2.34. The molecule has 0 aliphatic carbocycles. The molecule has 0 bridgehead atoms. The van der Waals surface area contributed by atoms with Crippen LogP contribution in [0.5, 0.6) is 0 Å². The van der Waals surface area contributed by atoms with Gasteiger partial charge in [-0.2, -0.15) is 0 Å². The first-order chi connectivity index (χ1) is 9.54. The minimum atomic E-state index is -0.575. The average Bonchev–Trinajstić information content (AvgIpc) is 2.46. The van der Waals surface area contributed by atoms with E-state index in [1.807, 2.05) is 6.92 Å². The number of pyridine rings is 1. The average molecular weight is 282 g/mol. The molecule has 110 valence electrons. The molecule has 0 aliphatic heterocycles. The first-order valence-corrected chi connectivity index (χ1v) is 6.15. The van der Waals surface area contributed by atoms with E-state index >= 15 is 0 Å². The molecule has 20 heavy (non-hydrogen) atoms. The maximum absolute atomic E-state index is 12.4. The highest BCUT2D eigenvalue weighted by Gasteiger charge is 2.21. The van der Waals surface area contributed by atoms with Crippen LogP contribution in [0, 0.1) is 10.1 Å². The van der Waals surface area contributed by atoms with Crippen molar-refractivity contribution >= 4 is 17.4 Å². The molecular weight excluding hydrogens is 264 g/mol. The molecule has 0 spiro atoms. The van der Waals surface area contributed by atoms with Crippen LogP contribution in [0.25, 0.3) is 0 Å². The van der Waals surface area contributed by atoms with Gasteiger partial charge in [-0.05, 0) is 6.92 Å². The topological polar surface area (TPSA) is 97.6 Å². The van der Waals surface area contributed by atoms with Gasteiger partial charge >= 0.3 is 0 Å². The van der Waals surface area contributed by atoms with Gasteiger partial charge in [0.2, 0.25) is 0 Å². The van der Waals surface area contributed by atoms with Crippen molar-refractivity contribution in [2.24, 2.45) is 0 Å². The highest BCUT2D eigenvalue weighted by Crippen LogP contribution is 2.20. The van der Waals surface area contributed by atoms with Crippen molar-refractivity contribution in [3.63, 3.8) is 0 Å². The maximum Gasteiger partial charge on any atom is 0.288 e. The number of hydrogen-bond acceptors (Lipinski definition) is 6. The summed E-state index contributed by atoms with van der Waals surface area (Å²) in [7, 11) is 3.16. The van der Waals surface area contributed by atoms with E-state index in [1.165, 1.54) is 6.07 Å². The van der Waals surface area contributed by atoms with Gasteiger partial charge in [-0.3, -0.25) is 14.9 Å². The number of carbonyl (C=O) groups is 1. The van der Waals surface area contributed by atoms with Crippen LogP contribution in [0.1, 0.15) is 17.3 Å². The van der Waals surface area contributed by atoms with Crippen molar-refractivity contribution in [3.8, 4) is 0 Å². The predicted octanol–water partition coefficient (Wildman–Crippen LogP) is 1.14. The molecule has 0 saturated carbocycles. The highest BCUT2D eigenvalue weighted by molar-refractivity contribution is 5.99. The number of anilines is 1. The lowest BCUT2D eigenvalue weighted by molar-refractivity contribution is -0.385. The molecule has 1 heterocycles. The number of rotatable bonds is 7. The summed E-state index contributed by atoms with van der Waals surface area (Å²) in [6.07, 6.45) is 1.12. The van der Waals surface area contributed by atoms with Crippen molar-refractivity contribution in [1.82, 2.24) is 9.88 Å². The minimum Gasteiger partial charge on any atom is -0.383 e. The first-order valence-electron chi connectivity index (χ1n) is 6.15. The molecule has 0 saturated heterocycles. The van der Waals surface area contributed by atoms with Gasteiger partial charge < -0.3 is 15.0 Å². The second-order valence-corrected chi connectivity index (χ2v) is 3.97. The molecule has 0 aliphatic rings. The zero-order chi connectivity index (χ0) is 15.1. The molecule has 1 rings (SSSR count). The van der Waals surface area contributed by atoms with E-state index in [1.54, 1.807) is 19.1 Å². The summed E-state index contributed by atoms with van der Waals surface area (Å²) in [5, 5.41) is 13.6. The third-order valence-electron chi connectivity index (χ3n) is 2.79. The van der Waals surface area contributed by atoms with Gasteiger partial charge in [0.05, 0.1) is 17.1 Å². The second-order valence-electron chi connectivity index (χ2n) is 3.97. The lowest BCUT2D eigenvalue weighted by Gasteiger charge is -2.21. The highest BCUT2D eigenvalue weighted by atomic mass is 16.6. The Bertz CT molecular complexity index is 492. The molecule has 8 nitrogen and oxygen atoms in total. The minimum absolute atomic E-state index is 0.180. The first kappa shape index (κ1) is 15.8. The fraction of sp³-hybridized carbons (Fsp3) is 0.500. The normalized spacial score (nSPS) is 10.2. The molecule has 0 fully saturated rings. The van der Waals surface area contributed by atoms with Crippen molar-refractivity contribution in [1.29, 1.82) is 0 Å². The molecule has 0 aromatic carbocycles. The van der Waals surface area contributed by atoms with E-state index in [-0.39, 0.29) is 17.2 Å². The molecule has 8 heteroatoms. The Kier molecular flexibility index (Phi) is 5.85. The van der Waals surface area contributed by atoms with E-state index in [0.29, 0.717) is 25.5 Å². The Morgan fingerprint density at radius 2 is 2.30 bits per heavy atom. The van der Waals surface area contributed by atoms with Gasteiger partial charge in [0.25, 0.3) is 11.6 Å². The molecule has 0 atom stereocenters. The Hall–Kier alpha value is -2.22. The predicted molar refractivity (Wildman–Crippen MR) is 73.9 cm³/mol. The summed E-state index contributed by atoms with van der Waals surface area (Å²) >= 11 is 0. The van der Waals surface area contributed by atoms with Crippen LogP contribution in [0.3, 0.4) is 0 Å². The SMILES string of the molecule is CCN(CCOC)C(=O)c1cc([N+](=O)[O-])cnc1NC. The van der Waals surface area contributed by atoms with Crippen molar-refractivity contribution < 1.29 is 14.5 Å². The van der Waals surface area contributed by atoms with Crippen LogP contribution in [0.4, 0.5) is 11.5 Å². The number of nitro groups is 1. The Morgan fingerprint density at radius 3 is 2.80 bits per heavy atom. The van der Waals surface area contributed by atoms with E-state index < -0.39 is 4.92 Å². The van der Waals surface area contributed by atoms with Gasteiger partial charge in [0.1, 0.15) is 12.0 Å². The maximum atomic E-state index is 12.4. The molecule has 1 N–H and O–H groups in total. The summed E-state index contributed by atoms with van der Waals surface area (Å²) in [5.74, 6) is 0.00145. The number of methoxy groups -OCH3 is 1. The van der Waals surface area contributed by atoms with E-state index in [0.717, 1.165) is 6.20 Å². The second kappa shape index (κ2) is 7.39. The number of nitrogens with one attached hydrogen (secondary N) is 1. The standard InChI is InChI=1S/C12H18N4O4/c1-4-15(5-6-20-3)12(17)10-7-9(16(18)19)8-14-11(10)13-2/h7-8H,4-6H2,1-3H3,(H,13,14). The molecule has 1 amide bonds. The van der Waals surface area contributed by atoms with E-state index in [4.69, 9.17) is 4.74 Å². The number of aromatic nitrogens is 1. The number of nitrogens with zero attached hydrogens (tertiary/aromatic N) is 3. The summed E-state index contributed by atoms with van der Waals surface area (Å²) in [5.41, 5.74) is -0.0326. The number of likely N-dealkylation sites (N-methyl/N-ethyl adjacent to an activating group) is 1. The number of ether oxygens (including phenoxy) is 1. The zero-order valence-electron chi connectivity index (χ0n) is 11.8. The van der Waals surface area contributed by atoms with Crippen LogP contribution in [0.2, 0.25) is 0 Å². The monoisotopic (exact) mass is 282 g/mol. The van der Waals surface area contributed by atoms with Crippen LogP contribution in [-0.2, 0) is 4.74 Å². The fourth-order valence-electron chi connectivity index (χ4n) is 1.69. The van der Waals surface area contributed by atoms with Gasteiger partial charge in [-0.1, -0.05) is 0 Å². The van der Waals surface area contributed by atoms with Crippen molar-refractivity contribution in [3.05, 3.63) is 27.9 Å². The summed E-state index contributed by atoms with van der Waals surface area (Å²) < 4.78 is 4.95. The Labute approximate surface area is 116 Å². The van der Waals surface area contributed by atoms with Crippen LogP contribution >= 0.6 is 0 Å². The molecule has 0 radical (unpaired) electrons. The zero-order valence-corrected chi connectivity index (χ0v) is 11.8. The van der Waals surface area contributed by atoms with Gasteiger partial charge in [0.15, 0.2) is 0 Å². The Balaban J connectivity index is 3.10. The largest absolute Gasteiger partial charge is 0.383 e. The van der Waals surface area contributed by atoms with Crippen molar-refractivity contribution in [2.45, 2.75) is 6.92 Å². The smallest absolute Gasteiger partial charge is 0.288 e. The molecule has 0 unspecified atom stereocenters. The number of carbonyl (C=O) groups excluding carboxylic acids is 1. The summed E-state index contributed by atoms with van der Waals surface area (Å²) in [6.45, 7) is 3.12. The number of hydrogen-bond donors (Lipinski definition) is 1. The lowest BCUT2D eigenvalue weighted by atomic mass is 10.2. The number of amides is 1. The van der Waals surface area contributed by atoms with Gasteiger partial charge in [0, 0.05) is 33.3 Å². The van der Waals surface area contributed by atoms with Crippen LogP contribution in [0.15, 0.2) is 12.3 Å². The van der Waals surface area contributed by atoms with Gasteiger partial charge in [-0.15, -0.1) is 0 Å². The summed E-state index contributed by atoms with van der Waals surface area (Å²) in [4.78, 5) is 28.1. The Morgan fingerprint density at radius 1 is 1.60 bits per heavy atom. The van der Waals surface area contributed by atoms with Crippen LogP contribution < -0.4 is 5.32 Å². The summed E-state index contributed by atoms with van der Waals surface area (Å²) in [6, 6.07) is 1.23. The molecule has 1 aromatic rings. The van der Waals surface area contributed by atoms with Crippen molar-refractivity contribution in [2.75, 3.05) is 39.2 Å². The third kappa shape index (κ3) is 3.64. The third-order valence-corrected chi connectivity index (χ3v) is 2.79. The van der Waals surface area contributed by atoms with Gasteiger partial charge in [-0.25, -0.2) is 4.98 Å². The van der Waals surface area contributed by atoms with E-state index in [9.17, 15) is 14.9 Å². The quantitative estimate of drug-likeness (QED) is 0.595. The molecular formula is C12H18N4O4. The molecule has 1 aromatic heterocycles. The van der Waals surface area contributed by atoms with Crippen LogP contribution in [-0.4, -0.2) is 54.6 Å². The van der Waals surface area contributed by atoms with E-state index in [2.05, 4.69) is 10.3 Å². The fourth-order valence-corrected chi connectivity index (χ4v) is 1.69.